The van der Waals surface area contributed by atoms with Crippen molar-refractivity contribution in [2.45, 2.75) is 18.9 Å². The first-order valence-electron chi connectivity index (χ1n) is 8.35. The fourth-order valence-corrected chi connectivity index (χ4v) is 3.36. The number of nitrogens with zero attached hydrogens (tertiary/aromatic N) is 3. The Kier molecular flexibility index (Phi) is 3.93. The summed E-state index contributed by atoms with van der Waals surface area (Å²) in [5, 5.41) is 0. The van der Waals surface area contributed by atoms with Gasteiger partial charge in [-0.25, -0.2) is 4.98 Å². The Bertz CT molecular complexity index is 758. The Labute approximate surface area is 139 Å². The van der Waals surface area contributed by atoms with E-state index in [0.717, 1.165) is 23.9 Å². The summed E-state index contributed by atoms with van der Waals surface area (Å²) in [5.74, 6) is 0.0641. The lowest BCUT2D eigenvalue weighted by Crippen LogP contribution is -2.52. The van der Waals surface area contributed by atoms with Crippen molar-refractivity contribution in [3.05, 3.63) is 30.1 Å². The number of aromatic amines is 1. The number of H-pyrrole nitrogens is 1. The predicted molar refractivity (Wildman–Crippen MR) is 87.6 cm³/mol. The SMILES string of the molecule is O=C(c1ccc2nc[nH]c2c1)N1CCN(C(=O)[C@@H]2CCCO2)CC1. The first kappa shape index (κ1) is 15.1. The molecule has 1 N–H and O–H groups in total. The molecule has 24 heavy (non-hydrogen) atoms. The van der Waals surface area contributed by atoms with E-state index in [2.05, 4.69) is 9.97 Å². The number of amides is 2. The van der Waals surface area contributed by atoms with Crippen LogP contribution in [0, 0.1) is 0 Å². The van der Waals surface area contributed by atoms with E-state index in [-0.39, 0.29) is 17.9 Å². The highest BCUT2D eigenvalue weighted by Gasteiger charge is 2.31. The number of ether oxygens (including phenoxy) is 1. The molecule has 1 aromatic heterocycles. The van der Waals surface area contributed by atoms with Crippen molar-refractivity contribution in [2.75, 3.05) is 32.8 Å². The molecule has 1 atom stereocenters. The minimum absolute atomic E-state index is 0.00397. The molecule has 7 nitrogen and oxygen atoms in total. The molecule has 0 bridgehead atoms. The highest BCUT2D eigenvalue weighted by atomic mass is 16.5. The molecule has 2 fully saturated rings. The molecular formula is C17H20N4O3. The van der Waals surface area contributed by atoms with Crippen LogP contribution in [0.3, 0.4) is 0 Å². The van der Waals surface area contributed by atoms with Crippen molar-refractivity contribution in [1.82, 2.24) is 19.8 Å². The number of fused-ring (bicyclic) bond motifs is 1. The third-order valence-corrected chi connectivity index (χ3v) is 4.75. The smallest absolute Gasteiger partial charge is 0.254 e. The second kappa shape index (κ2) is 6.24. The Balaban J connectivity index is 1.39. The summed E-state index contributed by atoms with van der Waals surface area (Å²) in [4.78, 5) is 35.8. The molecule has 2 aliphatic rings. The molecule has 1 aromatic carbocycles. The molecule has 4 rings (SSSR count). The summed E-state index contributed by atoms with van der Waals surface area (Å²) < 4.78 is 5.46. The number of nitrogens with one attached hydrogen (secondary N) is 1. The zero-order valence-electron chi connectivity index (χ0n) is 13.4. The van der Waals surface area contributed by atoms with Crippen molar-refractivity contribution < 1.29 is 14.3 Å². The van der Waals surface area contributed by atoms with Crippen LogP contribution in [0.5, 0.6) is 0 Å². The number of carbonyl (C=O) groups is 2. The fourth-order valence-electron chi connectivity index (χ4n) is 3.36. The van der Waals surface area contributed by atoms with E-state index in [9.17, 15) is 9.59 Å². The van der Waals surface area contributed by atoms with Crippen LogP contribution in [0.15, 0.2) is 24.5 Å². The summed E-state index contributed by atoms with van der Waals surface area (Å²) in [5.41, 5.74) is 2.34. The van der Waals surface area contributed by atoms with Gasteiger partial charge >= 0.3 is 0 Å². The van der Waals surface area contributed by atoms with Gasteiger partial charge in [0, 0.05) is 38.3 Å². The van der Waals surface area contributed by atoms with Gasteiger partial charge in [0.2, 0.25) is 0 Å². The number of aromatic nitrogens is 2. The number of piperazine rings is 1. The number of hydrogen-bond acceptors (Lipinski definition) is 4. The number of rotatable bonds is 2. The molecule has 2 saturated heterocycles. The molecule has 0 saturated carbocycles. The van der Waals surface area contributed by atoms with Gasteiger partial charge in [0.15, 0.2) is 0 Å². The molecule has 3 heterocycles. The third-order valence-electron chi connectivity index (χ3n) is 4.75. The molecule has 2 amide bonds. The molecule has 0 unspecified atom stereocenters. The summed E-state index contributed by atoms with van der Waals surface area (Å²) in [7, 11) is 0. The van der Waals surface area contributed by atoms with Gasteiger partial charge in [-0.1, -0.05) is 0 Å². The highest BCUT2D eigenvalue weighted by Crippen LogP contribution is 2.18. The Hall–Kier alpha value is -2.41. The number of benzene rings is 1. The molecule has 0 aliphatic carbocycles. The quantitative estimate of drug-likeness (QED) is 0.893. The largest absolute Gasteiger partial charge is 0.368 e. The summed E-state index contributed by atoms with van der Waals surface area (Å²) in [6.07, 6.45) is 3.09. The minimum atomic E-state index is -0.282. The topological polar surface area (TPSA) is 78.5 Å². The minimum Gasteiger partial charge on any atom is -0.368 e. The van der Waals surface area contributed by atoms with Crippen LogP contribution in [-0.2, 0) is 9.53 Å². The maximum Gasteiger partial charge on any atom is 0.254 e. The lowest BCUT2D eigenvalue weighted by atomic mass is 10.1. The zero-order valence-corrected chi connectivity index (χ0v) is 13.4. The average molecular weight is 328 g/mol. The van der Waals surface area contributed by atoms with Crippen molar-refractivity contribution in [2.24, 2.45) is 0 Å². The van der Waals surface area contributed by atoms with E-state index >= 15 is 0 Å². The Morgan fingerprint density at radius 1 is 1.17 bits per heavy atom. The first-order chi connectivity index (χ1) is 11.7. The molecule has 126 valence electrons. The van der Waals surface area contributed by atoms with E-state index in [0.29, 0.717) is 38.3 Å². The second-order valence-electron chi connectivity index (χ2n) is 6.25. The van der Waals surface area contributed by atoms with E-state index < -0.39 is 0 Å². The van der Waals surface area contributed by atoms with Gasteiger partial charge in [-0.3, -0.25) is 9.59 Å². The summed E-state index contributed by atoms with van der Waals surface area (Å²) in [6.45, 7) is 2.91. The van der Waals surface area contributed by atoms with Gasteiger partial charge in [0.25, 0.3) is 11.8 Å². The normalized spacial score (nSPS) is 21.4. The van der Waals surface area contributed by atoms with Crippen LogP contribution in [-0.4, -0.2) is 70.5 Å². The van der Waals surface area contributed by atoms with Gasteiger partial charge in [0.05, 0.1) is 17.4 Å². The van der Waals surface area contributed by atoms with Gasteiger partial charge in [0.1, 0.15) is 6.10 Å². The molecule has 2 aromatic rings. The molecule has 2 aliphatic heterocycles. The fraction of sp³-hybridized carbons (Fsp3) is 0.471. The first-order valence-corrected chi connectivity index (χ1v) is 8.35. The summed E-state index contributed by atoms with van der Waals surface area (Å²) >= 11 is 0. The van der Waals surface area contributed by atoms with Crippen LogP contribution < -0.4 is 0 Å². The standard InChI is InChI=1S/C17H20N4O3/c22-16(12-3-4-13-14(10-12)19-11-18-13)20-5-7-21(8-6-20)17(23)15-2-1-9-24-15/h3-4,10-11,15H,1-2,5-9H2,(H,18,19)/t15-/m0/s1. The second-order valence-corrected chi connectivity index (χ2v) is 6.25. The summed E-state index contributed by atoms with van der Waals surface area (Å²) in [6, 6.07) is 5.47. The number of imidazole rings is 1. The van der Waals surface area contributed by atoms with Crippen LogP contribution in [0.4, 0.5) is 0 Å². The molecule has 0 radical (unpaired) electrons. The maximum atomic E-state index is 12.7. The van der Waals surface area contributed by atoms with E-state index in [1.54, 1.807) is 17.3 Å². The highest BCUT2D eigenvalue weighted by molar-refractivity contribution is 5.97. The number of carbonyl (C=O) groups excluding carboxylic acids is 2. The lowest BCUT2D eigenvalue weighted by molar-refractivity contribution is -0.142. The predicted octanol–water partition coefficient (Wildman–Crippen LogP) is 1.03. The van der Waals surface area contributed by atoms with E-state index in [4.69, 9.17) is 4.74 Å². The third kappa shape index (κ3) is 2.75. The Morgan fingerprint density at radius 2 is 1.96 bits per heavy atom. The van der Waals surface area contributed by atoms with Crippen molar-refractivity contribution >= 4 is 22.8 Å². The van der Waals surface area contributed by atoms with Crippen molar-refractivity contribution in [3.8, 4) is 0 Å². The van der Waals surface area contributed by atoms with E-state index in [1.165, 1.54) is 0 Å². The maximum absolute atomic E-state index is 12.7. The average Bonchev–Trinajstić information content (AvgIpc) is 3.31. The molecular weight excluding hydrogens is 308 g/mol. The van der Waals surface area contributed by atoms with Gasteiger partial charge in [-0.2, -0.15) is 0 Å². The molecule has 0 spiro atoms. The van der Waals surface area contributed by atoms with Crippen LogP contribution >= 0.6 is 0 Å². The van der Waals surface area contributed by atoms with Gasteiger partial charge in [-0.05, 0) is 31.0 Å². The Morgan fingerprint density at radius 3 is 2.71 bits per heavy atom. The van der Waals surface area contributed by atoms with Crippen molar-refractivity contribution in [1.29, 1.82) is 0 Å². The van der Waals surface area contributed by atoms with Gasteiger partial charge < -0.3 is 19.5 Å². The number of hydrogen-bond donors (Lipinski definition) is 1. The van der Waals surface area contributed by atoms with Crippen molar-refractivity contribution in [3.63, 3.8) is 0 Å². The van der Waals surface area contributed by atoms with Gasteiger partial charge in [-0.15, -0.1) is 0 Å². The van der Waals surface area contributed by atoms with E-state index in [1.807, 2.05) is 17.0 Å². The zero-order chi connectivity index (χ0) is 16.5. The molecule has 7 heteroatoms. The lowest BCUT2D eigenvalue weighted by Gasteiger charge is -2.35. The van der Waals surface area contributed by atoms with Crippen LogP contribution in [0.1, 0.15) is 23.2 Å². The monoisotopic (exact) mass is 328 g/mol. The van der Waals surface area contributed by atoms with Crippen LogP contribution in [0.2, 0.25) is 0 Å². The van der Waals surface area contributed by atoms with Crippen LogP contribution in [0.25, 0.3) is 11.0 Å².